The summed E-state index contributed by atoms with van der Waals surface area (Å²) in [5.74, 6) is 3.09. The van der Waals surface area contributed by atoms with Gasteiger partial charge in [0, 0.05) is 24.6 Å². The molecule has 0 bridgehead atoms. The molecule has 0 radical (unpaired) electrons. The Hall–Kier alpha value is -1.32. The Kier molecular flexibility index (Phi) is 4.18. The lowest BCUT2D eigenvalue weighted by atomic mass is 10.0. The minimum absolute atomic E-state index is 0.299. The van der Waals surface area contributed by atoms with Gasteiger partial charge in [-0.15, -0.1) is 0 Å². The van der Waals surface area contributed by atoms with Crippen LogP contribution < -0.4 is 10.6 Å². The van der Waals surface area contributed by atoms with Gasteiger partial charge in [-0.25, -0.2) is 9.97 Å². The Morgan fingerprint density at radius 2 is 1.67 bits per heavy atom. The van der Waals surface area contributed by atoms with Crippen LogP contribution in [0.2, 0.25) is 0 Å². The van der Waals surface area contributed by atoms with Gasteiger partial charge in [0.1, 0.15) is 17.5 Å². The lowest BCUT2D eigenvalue weighted by Crippen LogP contribution is -2.14. The molecule has 0 atom stereocenters. The van der Waals surface area contributed by atoms with Crippen LogP contribution in [0.3, 0.4) is 0 Å². The van der Waals surface area contributed by atoms with E-state index in [9.17, 15) is 0 Å². The summed E-state index contributed by atoms with van der Waals surface area (Å²) in [6, 6.07) is 2.49. The summed E-state index contributed by atoms with van der Waals surface area (Å²) in [5.41, 5.74) is 0.597. The largest absolute Gasteiger partial charge is 0.370 e. The first-order chi connectivity index (χ1) is 9.70. The van der Waals surface area contributed by atoms with Gasteiger partial charge >= 0.3 is 0 Å². The minimum atomic E-state index is 0.299. The van der Waals surface area contributed by atoms with Crippen LogP contribution in [0.5, 0.6) is 0 Å². The zero-order valence-electron chi connectivity index (χ0n) is 14.5. The van der Waals surface area contributed by atoms with E-state index in [1.807, 2.05) is 6.07 Å². The molecule has 0 saturated heterocycles. The number of rotatable bonds is 6. The fourth-order valence-corrected chi connectivity index (χ4v) is 2.85. The van der Waals surface area contributed by atoms with Crippen LogP contribution in [0.15, 0.2) is 6.07 Å². The summed E-state index contributed by atoms with van der Waals surface area (Å²) in [4.78, 5) is 9.30. The fraction of sp³-hybridized carbons (Fsp3) is 0.765. The molecule has 1 heterocycles. The first-order valence-corrected chi connectivity index (χ1v) is 8.09. The van der Waals surface area contributed by atoms with Crippen molar-refractivity contribution in [2.24, 2.45) is 10.8 Å². The normalized spacial score (nSPS) is 19.6. The average Bonchev–Trinajstić information content (AvgIpc) is 2.78. The van der Waals surface area contributed by atoms with Gasteiger partial charge < -0.3 is 10.6 Å². The van der Waals surface area contributed by atoms with Crippen molar-refractivity contribution in [3.05, 3.63) is 11.9 Å². The maximum atomic E-state index is 4.69. The highest BCUT2D eigenvalue weighted by Crippen LogP contribution is 2.63. The Morgan fingerprint density at radius 3 is 2.14 bits per heavy atom. The molecule has 2 rings (SSSR count). The zero-order valence-corrected chi connectivity index (χ0v) is 14.5. The maximum Gasteiger partial charge on any atom is 0.135 e. The third-order valence-electron chi connectivity index (χ3n) is 5.13. The minimum Gasteiger partial charge on any atom is -0.370 e. The molecule has 4 heteroatoms. The van der Waals surface area contributed by atoms with Crippen LogP contribution in [0.1, 0.15) is 66.6 Å². The van der Waals surface area contributed by atoms with Gasteiger partial charge in [0.25, 0.3) is 0 Å². The smallest absolute Gasteiger partial charge is 0.135 e. The highest BCUT2D eigenvalue weighted by molar-refractivity contribution is 5.50. The van der Waals surface area contributed by atoms with Gasteiger partial charge in [-0.05, 0) is 17.3 Å². The van der Waals surface area contributed by atoms with E-state index < -0.39 is 0 Å². The van der Waals surface area contributed by atoms with Crippen molar-refractivity contribution in [2.75, 3.05) is 17.2 Å². The predicted molar refractivity (Wildman–Crippen MR) is 89.9 cm³/mol. The van der Waals surface area contributed by atoms with E-state index in [4.69, 9.17) is 4.98 Å². The summed E-state index contributed by atoms with van der Waals surface area (Å²) >= 11 is 0. The van der Waals surface area contributed by atoms with E-state index in [0.717, 1.165) is 30.4 Å². The van der Waals surface area contributed by atoms with Crippen LogP contribution in [-0.2, 0) is 0 Å². The molecule has 1 fully saturated rings. The van der Waals surface area contributed by atoms with Gasteiger partial charge in [0.05, 0.1) is 0 Å². The standard InChI is InChI=1S/C17H30N4/c1-8-9-18-12-10-13(20-14(19-12)11(2)3)21-15-16(4,5)17(15,6)7/h10-11,15H,8-9H2,1-7H3,(H2,18,19,20,21). The van der Waals surface area contributed by atoms with Crippen molar-refractivity contribution in [1.82, 2.24) is 9.97 Å². The molecule has 0 unspecified atom stereocenters. The lowest BCUT2D eigenvalue weighted by molar-refractivity contribution is 0.457. The SMILES string of the molecule is CCCNc1cc(NC2C(C)(C)C2(C)C)nc(C(C)C)n1. The molecule has 0 aromatic carbocycles. The predicted octanol–water partition coefficient (Wildman–Crippen LogP) is 4.27. The molecule has 118 valence electrons. The van der Waals surface area contributed by atoms with Crippen molar-refractivity contribution in [3.63, 3.8) is 0 Å². The van der Waals surface area contributed by atoms with Gasteiger partial charge in [0.15, 0.2) is 0 Å². The Bertz CT molecular complexity index is 492. The van der Waals surface area contributed by atoms with E-state index >= 15 is 0 Å². The third-order valence-corrected chi connectivity index (χ3v) is 5.13. The summed E-state index contributed by atoms with van der Waals surface area (Å²) < 4.78 is 0. The molecule has 1 aromatic rings. The Morgan fingerprint density at radius 1 is 1.10 bits per heavy atom. The van der Waals surface area contributed by atoms with E-state index in [0.29, 0.717) is 22.8 Å². The van der Waals surface area contributed by atoms with E-state index in [-0.39, 0.29) is 0 Å². The second-order valence-corrected chi connectivity index (χ2v) is 7.60. The molecule has 0 aliphatic heterocycles. The highest BCUT2D eigenvalue weighted by Gasteiger charge is 2.65. The Balaban J connectivity index is 2.21. The monoisotopic (exact) mass is 290 g/mol. The second-order valence-electron chi connectivity index (χ2n) is 7.60. The van der Waals surface area contributed by atoms with Crippen molar-refractivity contribution < 1.29 is 0 Å². The number of hydrogen-bond acceptors (Lipinski definition) is 4. The van der Waals surface area contributed by atoms with Crippen LogP contribution in [0, 0.1) is 10.8 Å². The topological polar surface area (TPSA) is 49.8 Å². The van der Waals surface area contributed by atoms with Gasteiger partial charge in [-0.2, -0.15) is 0 Å². The quantitative estimate of drug-likeness (QED) is 0.821. The maximum absolute atomic E-state index is 4.69. The van der Waals surface area contributed by atoms with E-state index in [1.54, 1.807) is 0 Å². The van der Waals surface area contributed by atoms with Crippen LogP contribution in [0.4, 0.5) is 11.6 Å². The molecule has 1 saturated carbocycles. The number of anilines is 2. The van der Waals surface area contributed by atoms with Crippen molar-refractivity contribution in [2.45, 2.75) is 66.8 Å². The van der Waals surface area contributed by atoms with Crippen LogP contribution in [0.25, 0.3) is 0 Å². The summed E-state index contributed by atoms with van der Waals surface area (Å²) in [5, 5.41) is 6.99. The van der Waals surface area contributed by atoms with Gasteiger partial charge in [-0.3, -0.25) is 0 Å². The fourth-order valence-electron chi connectivity index (χ4n) is 2.85. The van der Waals surface area contributed by atoms with Crippen molar-refractivity contribution in [1.29, 1.82) is 0 Å². The highest BCUT2D eigenvalue weighted by atomic mass is 15.1. The first-order valence-electron chi connectivity index (χ1n) is 8.09. The van der Waals surface area contributed by atoms with E-state index in [1.165, 1.54) is 0 Å². The number of aromatic nitrogens is 2. The summed E-state index contributed by atoms with van der Waals surface area (Å²) in [6.45, 7) is 16.6. The number of nitrogens with zero attached hydrogens (tertiary/aromatic N) is 2. The van der Waals surface area contributed by atoms with Gasteiger partial charge in [-0.1, -0.05) is 48.5 Å². The molecule has 0 amide bonds. The molecule has 0 spiro atoms. The summed E-state index contributed by atoms with van der Waals surface area (Å²) in [7, 11) is 0. The van der Waals surface area contributed by atoms with Crippen LogP contribution in [-0.4, -0.2) is 22.6 Å². The molecule has 21 heavy (non-hydrogen) atoms. The number of hydrogen-bond donors (Lipinski definition) is 2. The average molecular weight is 290 g/mol. The van der Waals surface area contributed by atoms with Crippen LogP contribution >= 0.6 is 0 Å². The molecule has 1 aliphatic rings. The molecule has 1 aromatic heterocycles. The second kappa shape index (κ2) is 5.47. The van der Waals surface area contributed by atoms with E-state index in [2.05, 4.69) is 64.1 Å². The molecule has 2 N–H and O–H groups in total. The van der Waals surface area contributed by atoms with Gasteiger partial charge in [0.2, 0.25) is 0 Å². The molecule has 4 nitrogen and oxygen atoms in total. The molecular formula is C17H30N4. The Labute approximate surface area is 129 Å². The van der Waals surface area contributed by atoms with Crippen molar-refractivity contribution in [3.8, 4) is 0 Å². The summed E-state index contributed by atoms with van der Waals surface area (Å²) in [6.07, 6.45) is 1.09. The number of nitrogens with one attached hydrogen (secondary N) is 2. The first kappa shape index (κ1) is 16.1. The third kappa shape index (κ3) is 2.99. The lowest BCUT2D eigenvalue weighted by Gasteiger charge is -2.13. The molecule has 1 aliphatic carbocycles. The molecular weight excluding hydrogens is 260 g/mol. The van der Waals surface area contributed by atoms with Crippen molar-refractivity contribution >= 4 is 11.6 Å². The zero-order chi connectivity index (χ0) is 15.8.